The van der Waals surface area contributed by atoms with Crippen LogP contribution in [0.25, 0.3) is 0 Å². The van der Waals surface area contributed by atoms with Crippen molar-refractivity contribution < 1.29 is 0 Å². The molecule has 0 amide bonds. The molecule has 0 radical (unpaired) electrons. The molecule has 16 heavy (non-hydrogen) atoms. The molecule has 2 rings (SSSR count). The Morgan fingerprint density at radius 1 is 1.19 bits per heavy atom. The van der Waals surface area contributed by atoms with Crippen molar-refractivity contribution in [3.05, 3.63) is 56.7 Å². The van der Waals surface area contributed by atoms with Gasteiger partial charge < -0.3 is 0 Å². The average molecular weight is 297 g/mol. The first kappa shape index (κ1) is 11.8. The number of thiophene rings is 1. The summed E-state index contributed by atoms with van der Waals surface area (Å²) in [4.78, 5) is 1.25. The smallest absolute Gasteiger partial charge is 0.0702 e. The van der Waals surface area contributed by atoms with Crippen molar-refractivity contribution in [3.8, 4) is 0 Å². The fourth-order valence-electron chi connectivity index (χ4n) is 1.61. The molecule has 0 saturated heterocycles. The van der Waals surface area contributed by atoms with E-state index in [0.29, 0.717) is 0 Å². The summed E-state index contributed by atoms with van der Waals surface area (Å²) in [7, 11) is 0. The van der Waals surface area contributed by atoms with Crippen LogP contribution in [-0.2, 0) is 6.42 Å². The number of halogens is 1. The summed E-state index contributed by atoms with van der Waals surface area (Å²) in [5.74, 6) is 5.60. The van der Waals surface area contributed by atoms with Gasteiger partial charge in [0.2, 0.25) is 0 Å². The van der Waals surface area contributed by atoms with Crippen molar-refractivity contribution in [2.45, 2.75) is 12.5 Å². The molecule has 1 heterocycles. The monoisotopic (exact) mass is 296 g/mol. The van der Waals surface area contributed by atoms with Crippen molar-refractivity contribution >= 4 is 27.3 Å². The van der Waals surface area contributed by atoms with E-state index in [1.807, 2.05) is 18.2 Å². The van der Waals surface area contributed by atoms with Crippen LogP contribution >= 0.6 is 27.3 Å². The van der Waals surface area contributed by atoms with E-state index in [2.05, 4.69) is 45.6 Å². The van der Waals surface area contributed by atoms with Gasteiger partial charge in [-0.25, -0.2) is 0 Å². The maximum absolute atomic E-state index is 5.60. The zero-order valence-electron chi connectivity index (χ0n) is 8.69. The summed E-state index contributed by atoms with van der Waals surface area (Å²) in [5.41, 5.74) is 4.16. The summed E-state index contributed by atoms with van der Waals surface area (Å²) >= 11 is 5.18. The molecule has 0 saturated carbocycles. The molecule has 0 bridgehead atoms. The van der Waals surface area contributed by atoms with E-state index in [9.17, 15) is 0 Å². The maximum Gasteiger partial charge on any atom is 0.0702 e. The highest BCUT2D eigenvalue weighted by Gasteiger charge is 2.12. The average Bonchev–Trinajstić information content (AvgIpc) is 2.74. The third-order valence-corrected chi connectivity index (χ3v) is 4.16. The predicted molar refractivity (Wildman–Crippen MR) is 72.2 cm³/mol. The molecule has 1 atom stereocenters. The molecule has 1 aromatic carbocycles. The lowest BCUT2D eigenvalue weighted by Crippen LogP contribution is -2.28. The molecule has 0 aliphatic rings. The van der Waals surface area contributed by atoms with Crippen LogP contribution in [0.5, 0.6) is 0 Å². The third-order valence-electron chi connectivity index (χ3n) is 2.42. The standard InChI is InChI=1S/C12H13BrN2S/c13-12-7-6-11(16-12)10(15-14)8-9-4-2-1-3-5-9/h1-7,10,15H,8,14H2. The van der Waals surface area contributed by atoms with Gasteiger partial charge in [-0.1, -0.05) is 30.3 Å². The van der Waals surface area contributed by atoms with E-state index < -0.39 is 0 Å². The largest absolute Gasteiger partial charge is 0.271 e. The van der Waals surface area contributed by atoms with Crippen LogP contribution < -0.4 is 11.3 Å². The third kappa shape index (κ3) is 2.92. The quantitative estimate of drug-likeness (QED) is 0.671. The molecule has 1 aromatic heterocycles. The normalized spacial score (nSPS) is 12.6. The van der Waals surface area contributed by atoms with Crippen LogP contribution in [0.2, 0.25) is 0 Å². The molecule has 0 aliphatic carbocycles. The van der Waals surface area contributed by atoms with Crippen molar-refractivity contribution in [1.29, 1.82) is 0 Å². The number of hydrogen-bond acceptors (Lipinski definition) is 3. The first-order chi connectivity index (χ1) is 7.79. The summed E-state index contributed by atoms with van der Waals surface area (Å²) in [6.45, 7) is 0. The van der Waals surface area contributed by atoms with E-state index in [1.54, 1.807) is 11.3 Å². The number of hydrogen-bond donors (Lipinski definition) is 2. The minimum absolute atomic E-state index is 0.179. The number of nitrogens with one attached hydrogen (secondary N) is 1. The fraction of sp³-hybridized carbons (Fsp3) is 0.167. The first-order valence-electron chi connectivity index (χ1n) is 5.05. The summed E-state index contributed by atoms with van der Waals surface area (Å²) in [5, 5.41) is 0. The summed E-state index contributed by atoms with van der Waals surface area (Å²) < 4.78 is 1.14. The minimum atomic E-state index is 0.179. The molecule has 3 N–H and O–H groups in total. The molecule has 0 aliphatic heterocycles. The van der Waals surface area contributed by atoms with Gasteiger partial charge in [-0.2, -0.15) is 0 Å². The van der Waals surface area contributed by atoms with Crippen molar-refractivity contribution in [3.63, 3.8) is 0 Å². The number of benzene rings is 1. The van der Waals surface area contributed by atoms with Gasteiger partial charge in [-0.15, -0.1) is 11.3 Å². The van der Waals surface area contributed by atoms with Gasteiger partial charge in [0, 0.05) is 4.88 Å². The second-order valence-corrected chi connectivity index (χ2v) is 6.05. The second-order valence-electron chi connectivity index (χ2n) is 3.55. The van der Waals surface area contributed by atoms with E-state index in [-0.39, 0.29) is 6.04 Å². The molecule has 2 nitrogen and oxygen atoms in total. The highest BCUT2D eigenvalue weighted by Crippen LogP contribution is 2.28. The Balaban J connectivity index is 2.12. The second kappa shape index (κ2) is 5.59. The Morgan fingerprint density at radius 3 is 2.50 bits per heavy atom. The molecule has 2 aromatic rings. The van der Waals surface area contributed by atoms with Crippen LogP contribution in [-0.4, -0.2) is 0 Å². The van der Waals surface area contributed by atoms with E-state index in [0.717, 1.165) is 10.2 Å². The zero-order valence-corrected chi connectivity index (χ0v) is 11.1. The summed E-state index contributed by atoms with van der Waals surface area (Å²) in [6, 6.07) is 14.7. The van der Waals surface area contributed by atoms with Crippen LogP contribution in [0.15, 0.2) is 46.3 Å². The lowest BCUT2D eigenvalue weighted by atomic mass is 10.1. The Morgan fingerprint density at radius 2 is 1.94 bits per heavy atom. The molecule has 1 unspecified atom stereocenters. The highest BCUT2D eigenvalue weighted by molar-refractivity contribution is 9.11. The van der Waals surface area contributed by atoms with Crippen LogP contribution in [0.3, 0.4) is 0 Å². The number of hydrazine groups is 1. The number of rotatable bonds is 4. The van der Waals surface area contributed by atoms with Gasteiger partial charge in [0.05, 0.1) is 9.83 Å². The Labute approximate surface area is 108 Å². The van der Waals surface area contributed by atoms with Gasteiger partial charge >= 0.3 is 0 Å². The lowest BCUT2D eigenvalue weighted by molar-refractivity contribution is 0.560. The van der Waals surface area contributed by atoms with Crippen molar-refractivity contribution in [2.75, 3.05) is 0 Å². The summed E-state index contributed by atoms with van der Waals surface area (Å²) in [6.07, 6.45) is 0.907. The lowest BCUT2D eigenvalue weighted by Gasteiger charge is -2.13. The van der Waals surface area contributed by atoms with Gasteiger partial charge in [0.25, 0.3) is 0 Å². The highest BCUT2D eigenvalue weighted by atomic mass is 79.9. The van der Waals surface area contributed by atoms with Gasteiger partial charge in [-0.3, -0.25) is 11.3 Å². The Hall–Kier alpha value is -0.680. The molecule has 0 spiro atoms. The number of nitrogens with two attached hydrogens (primary N) is 1. The van der Waals surface area contributed by atoms with Crippen LogP contribution in [0, 0.1) is 0 Å². The topological polar surface area (TPSA) is 38.0 Å². The molecular weight excluding hydrogens is 284 g/mol. The Bertz CT molecular complexity index is 441. The maximum atomic E-state index is 5.60. The molecular formula is C12H13BrN2S. The zero-order chi connectivity index (χ0) is 11.4. The van der Waals surface area contributed by atoms with Crippen LogP contribution in [0.4, 0.5) is 0 Å². The fourth-order valence-corrected chi connectivity index (χ4v) is 3.09. The first-order valence-corrected chi connectivity index (χ1v) is 6.66. The van der Waals surface area contributed by atoms with E-state index in [4.69, 9.17) is 5.84 Å². The van der Waals surface area contributed by atoms with Gasteiger partial charge in [0.15, 0.2) is 0 Å². The predicted octanol–water partition coefficient (Wildman–Crippen LogP) is 3.26. The van der Waals surface area contributed by atoms with Crippen molar-refractivity contribution in [2.24, 2.45) is 5.84 Å². The molecule has 0 fully saturated rings. The van der Waals surface area contributed by atoms with Crippen molar-refractivity contribution in [1.82, 2.24) is 5.43 Å². The molecule has 84 valence electrons. The Kier molecular flexibility index (Phi) is 4.12. The van der Waals surface area contributed by atoms with Gasteiger partial charge in [0.1, 0.15) is 0 Å². The minimum Gasteiger partial charge on any atom is -0.271 e. The molecule has 4 heteroatoms. The van der Waals surface area contributed by atoms with Crippen LogP contribution in [0.1, 0.15) is 16.5 Å². The SMILES string of the molecule is NNC(Cc1ccccc1)c1ccc(Br)s1. The van der Waals surface area contributed by atoms with E-state index >= 15 is 0 Å². The van der Waals surface area contributed by atoms with Gasteiger partial charge in [-0.05, 0) is 40.0 Å². The van der Waals surface area contributed by atoms with E-state index in [1.165, 1.54) is 10.4 Å².